The summed E-state index contributed by atoms with van der Waals surface area (Å²) in [7, 11) is 1.39. The van der Waals surface area contributed by atoms with Crippen LogP contribution >= 0.6 is 0 Å². The van der Waals surface area contributed by atoms with Crippen LogP contribution in [0.2, 0.25) is 0 Å². The van der Waals surface area contributed by atoms with Crippen LogP contribution in [0.3, 0.4) is 0 Å². The second-order valence-electron chi connectivity index (χ2n) is 4.39. The summed E-state index contributed by atoms with van der Waals surface area (Å²) in [4.78, 5) is 23.0. The standard InChI is InChI=1S/C13H11N5O3/c1-21-10-3-2-7(4-9(10)18(19)20)12-11-8(5-15-12)16-6-17-13(11)14/h2-4,6H,5H2,1H3,(H2,14,16,17). The molecule has 0 radical (unpaired) electrons. The van der Waals surface area contributed by atoms with Crippen molar-refractivity contribution in [1.29, 1.82) is 0 Å². The van der Waals surface area contributed by atoms with Crippen LogP contribution in [0.5, 0.6) is 5.75 Å². The quantitative estimate of drug-likeness (QED) is 0.671. The van der Waals surface area contributed by atoms with E-state index in [4.69, 9.17) is 10.5 Å². The van der Waals surface area contributed by atoms with Crippen LogP contribution in [0.15, 0.2) is 29.5 Å². The van der Waals surface area contributed by atoms with Crippen LogP contribution in [0.4, 0.5) is 11.5 Å². The van der Waals surface area contributed by atoms with Crippen molar-refractivity contribution < 1.29 is 9.66 Å². The molecule has 1 aliphatic heterocycles. The molecule has 8 nitrogen and oxygen atoms in total. The average molecular weight is 285 g/mol. The van der Waals surface area contributed by atoms with E-state index in [1.807, 2.05) is 0 Å². The Labute approximate surface area is 119 Å². The molecule has 106 valence electrons. The second kappa shape index (κ2) is 4.82. The summed E-state index contributed by atoms with van der Waals surface area (Å²) in [5, 5.41) is 11.1. The number of aromatic nitrogens is 2. The fourth-order valence-corrected chi connectivity index (χ4v) is 2.26. The van der Waals surface area contributed by atoms with Gasteiger partial charge in [-0.2, -0.15) is 0 Å². The van der Waals surface area contributed by atoms with Crippen molar-refractivity contribution in [1.82, 2.24) is 9.97 Å². The van der Waals surface area contributed by atoms with Crippen molar-refractivity contribution in [3.05, 3.63) is 51.5 Å². The number of nitrogen functional groups attached to an aromatic ring is 1. The Morgan fingerprint density at radius 3 is 2.90 bits per heavy atom. The number of aliphatic imine (C=N–C) groups is 1. The number of fused-ring (bicyclic) bond motifs is 1. The molecule has 0 atom stereocenters. The first-order valence-electron chi connectivity index (χ1n) is 6.08. The lowest BCUT2D eigenvalue weighted by Gasteiger charge is -2.07. The number of nitrogens with zero attached hydrogens (tertiary/aromatic N) is 4. The highest BCUT2D eigenvalue weighted by atomic mass is 16.6. The van der Waals surface area contributed by atoms with E-state index in [-0.39, 0.29) is 11.4 Å². The zero-order chi connectivity index (χ0) is 15.0. The fourth-order valence-electron chi connectivity index (χ4n) is 2.26. The van der Waals surface area contributed by atoms with Gasteiger partial charge in [0.2, 0.25) is 0 Å². The molecule has 8 heteroatoms. The van der Waals surface area contributed by atoms with E-state index in [2.05, 4.69) is 15.0 Å². The van der Waals surface area contributed by atoms with Crippen LogP contribution < -0.4 is 10.5 Å². The molecule has 1 aromatic heterocycles. The van der Waals surface area contributed by atoms with Gasteiger partial charge in [0.05, 0.1) is 35.5 Å². The molecule has 1 aliphatic rings. The van der Waals surface area contributed by atoms with Gasteiger partial charge in [-0.1, -0.05) is 0 Å². The molecule has 0 saturated carbocycles. The molecule has 1 aromatic carbocycles. The van der Waals surface area contributed by atoms with Crippen molar-refractivity contribution in [2.75, 3.05) is 12.8 Å². The predicted octanol–water partition coefficient (Wildman–Crippen LogP) is 1.33. The Balaban J connectivity index is 2.12. The first kappa shape index (κ1) is 13.0. The van der Waals surface area contributed by atoms with E-state index >= 15 is 0 Å². The normalized spacial score (nSPS) is 12.7. The van der Waals surface area contributed by atoms with Crippen molar-refractivity contribution in [3.8, 4) is 5.75 Å². The highest BCUT2D eigenvalue weighted by molar-refractivity contribution is 6.17. The Morgan fingerprint density at radius 1 is 1.38 bits per heavy atom. The van der Waals surface area contributed by atoms with E-state index in [0.29, 0.717) is 29.2 Å². The second-order valence-corrected chi connectivity index (χ2v) is 4.39. The summed E-state index contributed by atoms with van der Waals surface area (Å²) in [6, 6.07) is 4.65. The summed E-state index contributed by atoms with van der Waals surface area (Å²) < 4.78 is 4.99. The van der Waals surface area contributed by atoms with Gasteiger partial charge in [-0.3, -0.25) is 15.1 Å². The highest BCUT2D eigenvalue weighted by Crippen LogP contribution is 2.31. The van der Waals surface area contributed by atoms with Crippen LogP contribution in [0, 0.1) is 10.1 Å². The Bertz CT molecular complexity index is 772. The lowest BCUT2D eigenvalue weighted by atomic mass is 10.0. The number of benzene rings is 1. The number of hydrogen-bond acceptors (Lipinski definition) is 7. The van der Waals surface area contributed by atoms with E-state index in [9.17, 15) is 10.1 Å². The third-order valence-electron chi connectivity index (χ3n) is 3.23. The summed E-state index contributed by atoms with van der Waals surface area (Å²) in [6.45, 7) is 0.386. The smallest absolute Gasteiger partial charge is 0.311 e. The maximum atomic E-state index is 11.1. The summed E-state index contributed by atoms with van der Waals surface area (Å²) >= 11 is 0. The molecule has 0 unspecified atom stereocenters. The molecule has 2 heterocycles. The van der Waals surface area contributed by atoms with Gasteiger partial charge in [0.15, 0.2) is 5.75 Å². The highest BCUT2D eigenvalue weighted by Gasteiger charge is 2.25. The van der Waals surface area contributed by atoms with Gasteiger partial charge in [0.25, 0.3) is 0 Å². The molecule has 2 N–H and O–H groups in total. The summed E-state index contributed by atoms with van der Waals surface area (Å²) in [6.07, 6.45) is 1.38. The Hall–Kier alpha value is -3.03. The Kier molecular flexibility index (Phi) is 2.98. The van der Waals surface area contributed by atoms with Crippen LogP contribution in [-0.4, -0.2) is 27.7 Å². The van der Waals surface area contributed by atoms with Gasteiger partial charge in [-0.25, -0.2) is 9.97 Å². The van der Waals surface area contributed by atoms with Gasteiger partial charge >= 0.3 is 5.69 Å². The molecule has 0 spiro atoms. The number of nitrogens with two attached hydrogens (primary N) is 1. The molecule has 0 amide bonds. The molecule has 21 heavy (non-hydrogen) atoms. The zero-order valence-corrected chi connectivity index (χ0v) is 11.1. The first-order chi connectivity index (χ1) is 10.1. The molecular weight excluding hydrogens is 274 g/mol. The predicted molar refractivity (Wildman–Crippen MR) is 75.4 cm³/mol. The number of rotatable bonds is 3. The maximum Gasteiger partial charge on any atom is 0.311 e. The zero-order valence-electron chi connectivity index (χ0n) is 11.1. The number of nitro groups is 1. The van der Waals surface area contributed by atoms with E-state index in [1.54, 1.807) is 6.07 Å². The first-order valence-corrected chi connectivity index (χ1v) is 6.08. The monoisotopic (exact) mass is 285 g/mol. The van der Waals surface area contributed by atoms with Crippen molar-refractivity contribution in [3.63, 3.8) is 0 Å². The topological polar surface area (TPSA) is 117 Å². The van der Waals surface area contributed by atoms with Gasteiger partial charge in [0.1, 0.15) is 12.1 Å². The molecule has 3 rings (SSSR count). The van der Waals surface area contributed by atoms with Crippen molar-refractivity contribution in [2.24, 2.45) is 4.99 Å². The lowest BCUT2D eigenvalue weighted by molar-refractivity contribution is -0.385. The molecule has 0 bridgehead atoms. The molecule has 0 aliphatic carbocycles. The number of anilines is 1. The maximum absolute atomic E-state index is 11.1. The third-order valence-corrected chi connectivity index (χ3v) is 3.23. The summed E-state index contributed by atoms with van der Waals surface area (Å²) in [5.41, 5.74) is 8.24. The van der Waals surface area contributed by atoms with E-state index in [0.717, 1.165) is 5.69 Å². The van der Waals surface area contributed by atoms with Crippen LogP contribution in [0.1, 0.15) is 16.8 Å². The number of nitro benzene ring substituents is 1. The van der Waals surface area contributed by atoms with Gasteiger partial charge in [0, 0.05) is 11.6 Å². The van der Waals surface area contributed by atoms with Crippen molar-refractivity contribution in [2.45, 2.75) is 6.54 Å². The SMILES string of the molecule is COc1ccc(C2=NCc3ncnc(N)c32)cc1[N+](=O)[O-]. The number of ether oxygens (including phenoxy) is 1. The van der Waals surface area contributed by atoms with Crippen LogP contribution in [-0.2, 0) is 6.54 Å². The minimum atomic E-state index is -0.496. The van der Waals surface area contributed by atoms with Gasteiger partial charge in [-0.15, -0.1) is 0 Å². The van der Waals surface area contributed by atoms with Crippen molar-refractivity contribution >= 4 is 17.2 Å². The third kappa shape index (κ3) is 2.06. The fraction of sp³-hybridized carbons (Fsp3) is 0.154. The van der Waals surface area contributed by atoms with Crippen LogP contribution in [0.25, 0.3) is 0 Å². The molecule has 0 fully saturated rings. The largest absolute Gasteiger partial charge is 0.490 e. The molecular formula is C13H11N5O3. The van der Waals surface area contributed by atoms with Gasteiger partial charge in [-0.05, 0) is 12.1 Å². The summed E-state index contributed by atoms with van der Waals surface area (Å²) in [5.74, 6) is 0.509. The number of hydrogen-bond donors (Lipinski definition) is 1. The van der Waals surface area contributed by atoms with E-state index in [1.165, 1.54) is 25.6 Å². The molecule has 0 saturated heterocycles. The minimum absolute atomic E-state index is 0.124. The minimum Gasteiger partial charge on any atom is -0.490 e. The lowest BCUT2D eigenvalue weighted by Crippen LogP contribution is -2.08. The molecule has 2 aromatic rings. The van der Waals surface area contributed by atoms with E-state index < -0.39 is 4.92 Å². The Morgan fingerprint density at radius 2 is 2.19 bits per heavy atom. The van der Waals surface area contributed by atoms with Gasteiger partial charge < -0.3 is 10.5 Å². The average Bonchev–Trinajstić information content (AvgIpc) is 2.92. The number of methoxy groups -OCH3 is 1.